The number of hydrogen-bond donors (Lipinski definition) is 1. The summed E-state index contributed by atoms with van der Waals surface area (Å²) in [4.78, 5) is 12.2. The molecule has 0 aliphatic heterocycles. The number of rotatable bonds is 7. The Hall–Kier alpha value is -1.82. The summed E-state index contributed by atoms with van der Waals surface area (Å²) in [5.74, 6) is 2.00. The van der Waals surface area contributed by atoms with E-state index < -0.39 is 0 Å². The average Bonchev–Trinajstić information content (AvgIpc) is 3.08. The first-order valence-electron chi connectivity index (χ1n) is 9.57. The summed E-state index contributed by atoms with van der Waals surface area (Å²) in [6.07, 6.45) is 6.44. The van der Waals surface area contributed by atoms with E-state index in [-0.39, 0.29) is 5.91 Å². The van der Waals surface area contributed by atoms with Crippen LogP contribution in [0.2, 0.25) is 0 Å². The molecule has 0 radical (unpaired) electrons. The highest BCUT2D eigenvalue weighted by molar-refractivity contribution is 7.99. The summed E-state index contributed by atoms with van der Waals surface area (Å²) in [5.41, 5.74) is 2.27. The zero-order valence-electron chi connectivity index (χ0n) is 15.7. The van der Waals surface area contributed by atoms with Crippen LogP contribution in [0.5, 0.6) is 0 Å². The van der Waals surface area contributed by atoms with Crippen LogP contribution < -0.4 is 5.32 Å². The third-order valence-electron chi connectivity index (χ3n) is 5.06. The maximum atomic E-state index is 12.2. The molecule has 5 nitrogen and oxygen atoms in total. The van der Waals surface area contributed by atoms with Crippen LogP contribution in [0.25, 0.3) is 11.4 Å². The third-order valence-corrected chi connectivity index (χ3v) is 6.03. The van der Waals surface area contributed by atoms with E-state index in [2.05, 4.69) is 46.1 Å². The molecular formula is C20H28N4OS. The molecule has 0 bridgehead atoms. The van der Waals surface area contributed by atoms with Crippen molar-refractivity contribution in [3.8, 4) is 11.4 Å². The first-order valence-corrected chi connectivity index (χ1v) is 10.6. The molecule has 0 saturated heterocycles. The minimum absolute atomic E-state index is 0.0867. The lowest BCUT2D eigenvalue weighted by atomic mass is 9.89. The Labute approximate surface area is 160 Å². The van der Waals surface area contributed by atoms with E-state index in [4.69, 9.17) is 0 Å². The molecular weight excluding hydrogens is 344 g/mol. The Morgan fingerprint density at radius 1 is 1.23 bits per heavy atom. The Kier molecular flexibility index (Phi) is 6.72. The molecule has 140 valence electrons. The first-order chi connectivity index (χ1) is 12.7. The van der Waals surface area contributed by atoms with Crippen molar-refractivity contribution in [2.45, 2.75) is 57.7 Å². The molecule has 6 heteroatoms. The van der Waals surface area contributed by atoms with Crippen LogP contribution in [-0.2, 0) is 11.3 Å². The van der Waals surface area contributed by atoms with Gasteiger partial charge in [-0.3, -0.25) is 4.79 Å². The topological polar surface area (TPSA) is 59.8 Å². The van der Waals surface area contributed by atoms with Gasteiger partial charge in [-0.15, -0.1) is 10.2 Å². The van der Waals surface area contributed by atoms with Crippen molar-refractivity contribution in [3.63, 3.8) is 0 Å². The fraction of sp³-hybridized carbons (Fsp3) is 0.550. The van der Waals surface area contributed by atoms with Crippen LogP contribution in [0.4, 0.5) is 0 Å². The van der Waals surface area contributed by atoms with Gasteiger partial charge in [0.05, 0.1) is 5.75 Å². The van der Waals surface area contributed by atoms with Crippen LogP contribution in [0.3, 0.4) is 0 Å². The van der Waals surface area contributed by atoms with Gasteiger partial charge in [0.15, 0.2) is 11.0 Å². The molecule has 1 aromatic heterocycles. The lowest BCUT2D eigenvalue weighted by molar-refractivity contribution is -0.118. The Balaban J connectivity index is 1.58. The Morgan fingerprint density at radius 3 is 2.73 bits per heavy atom. The number of carbonyl (C=O) groups excluding carboxylic acids is 1. The molecule has 3 rings (SSSR count). The summed E-state index contributed by atoms with van der Waals surface area (Å²) in [7, 11) is 0. The molecule has 1 heterocycles. The second kappa shape index (κ2) is 9.21. The average molecular weight is 373 g/mol. The highest BCUT2D eigenvalue weighted by atomic mass is 32.2. The van der Waals surface area contributed by atoms with Gasteiger partial charge in [0.2, 0.25) is 5.91 Å². The second-order valence-corrected chi connectivity index (χ2v) is 7.90. The minimum Gasteiger partial charge on any atom is -0.355 e. The van der Waals surface area contributed by atoms with Crippen molar-refractivity contribution in [1.82, 2.24) is 20.1 Å². The van der Waals surface area contributed by atoms with E-state index in [1.165, 1.54) is 49.4 Å². The summed E-state index contributed by atoms with van der Waals surface area (Å²) >= 11 is 1.47. The van der Waals surface area contributed by atoms with E-state index in [1.54, 1.807) is 0 Å². The number of benzene rings is 1. The van der Waals surface area contributed by atoms with E-state index >= 15 is 0 Å². The van der Waals surface area contributed by atoms with Crippen molar-refractivity contribution in [2.24, 2.45) is 5.92 Å². The molecule has 1 saturated carbocycles. The normalized spacial score (nSPS) is 15.2. The molecule has 1 N–H and O–H groups in total. The second-order valence-electron chi connectivity index (χ2n) is 6.96. The molecule has 26 heavy (non-hydrogen) atoms. The molecule has 1 fully saturated rings. The van der Waals surface area contributed by atoms with Crippen LogP contribution >= 0.6 is 11.8 Å². The van der Waals surface area contributed by atoms with Crippen LogP contribution in [0.1, 0.15) is 44.6 Å². The predicted octanol–water partition coefficient (Wildman–Crippen LogP) is 4.06. The standard InChI is InChI=1S/C20H28N4OS/c1-3-24-19(17-12-8-7-9-15(17)2)22-23-20(24)26-14-18(25)21-13-16-10-5-4-6-11-16/h7-9,12,16H,3-6,10-11,13-14H2,1-2H3,(H,21,25). The highest BCUT2D eigenvalue weighted by Crippen LogP contribution is 2.26. The number of hydrogen-bond acceptors (Lipinski definition) is 4. The molecule has 0 unspecified atom stereocenters. The molecule has 1 aliphatic rings. The number of carbonyl (C=O) groups is 1. The Bertz CT molecular complexity index is 737. The van der Waals surface area contributed by atoms with Crippen molar-refractivity contribution in [1.29, 1.82) is 0 Å². The molecule has 0 atom stereocenters. The van der Waals surface area contributed by atoms with Gasteiger partial charge in [0.1, 0.15) is 0 Å². The van der Waals surface area contributed by atoms with E-state index in [9.17, 15) is 4.79 Å². The number of nitrogens with zero attached hydrogens (tertiary/aromatic N) is 3. The van der Waals surface area contributed by atoms with Gasteiger partial charge >= 0.3 is 0 Å². The monoisotopic (exact) mass is 372 g/mol. The SMILES string of the molecule is CCn1c(SCC(=O)NCC2CCCCC2)nnc1-c1ccccc1C. The zero-order valence-corrected chi connectivity index (χ0v) is 16.5. The van der Waals surface area contributed by atoms with Crippen molar-refractivity contribution in [3.05, 3.63) is 29.8 Å². The van der Waals surface area contributed by atoms with Gasteiger partial charge in [-0.1, -0.05) is 55.3 Å². The molecule has 2 aromatic rings. The van der Waals surface area contributed by atoms with Gasteiger partial charge in [0.25, 0.3) is 0 Å². The summed E-state index contributed by atoms with van der Waals surface area (Å²) in [5, 5.41) is 12.6. The fourth-order valence-electron chi connectivity index (χ4n) is 3.53. The van der Waals surface area contributed by atoms with Gasteiger partial charge in [-0.25, -0.2) is 0 Å². The quantitative estimate of drug-likeness (QED) is 0.745. The number of thioether (sulfide) groups is 1. The summed E-state index contributed by atoms with van der Waals surface area (Å²) in [6, 6.07) is 8.19. The maximum Gasteiger partial charge on any atom is 0.230 e. The predicted molar refractivity (Wildman–Crippen MR) is 106 cm³/mol. The molecule has 1 amide bonds. The van der Waals surface area contributed by atoms with E-state index in [1.807, 2.05) is 12.1 Å². The van der Waals surface area contributed by atoms with E-state index in [0.717, 1.165) is 29.6 Å². The van der Waals surface area contributed by atoms with Crippen LogP contribution in [0.15, 0.2) is 29.4 Å². The van der Waals surface area contributed by atoms with Gasteiger partial charge < -0.3 is 9.88 Å². The third kappa shape index (κ3) is 4.67. The van der Waals surface area contributed by atoms with Gasteiger partial charge in [0, 0.05) is 18.7 Å². The Morgan fingerprint density at radius 2 is 2.00 bits per heavy atom. The minimum atomic E-state index is 0.0867. The smallest absolute Gasteiger partial charge is 0.230 e. The lowest BCUT2D eigenvalue weighted by Gasteiger charge is -2.21. The molecule has 1 aliphatic carbocycles. The largest absolute Gasteiger partial charge is 0.355 e. The first kappa shape index (κ1) is 19.0. The number of nitrogens with one attached hydrogen (secondary N) is 1. The summed E-state index contributed by atoms with van der Waals surface area (Å²) in [6.45, 7) is 5.75. The molecule has 1 aromatic carbocycles. The van der Waals surface area contributed by atoms with Crippen LogP contribution in [-0.4, -0.2) is 33.0 Å². The maximum absolute atomic E-state index is 12.2. The number of amides is 1. The molecule has 0 spiro atoms. The lowest BCUT2D eigenvalue weighted by Crippen LogP contribution is -2.31. The van der Waals surface area contributed by atoms with Crippen molar-refractivity contribution < 1.29 is 4.79 Å². The van der Waals surface area contributed by atoms with Crippen molar-refractivity contribution >= 4 is 17.7 Å². The van der Waals surface area contributed by atoms with Gasteiger partial charge in [-0.05, 0) is 38.2 Å². The summed E-state index contributed by atoms with van der Waals surface area (Å²) < 4.78 is 2.08. The van der Waals surface area contributed by atoms with Crippen molar-refractivity contribution in [2.75, 3.05) is 12.3 Å². The zero-order chi connectivity index (χ0) is 18.4. The fourth-order valence-corrected chi connectivity index (χ4v) is 4.37. The van der Waals surface area contributed by atoms with Gasteiger partial charge in [-0.2, -0.15) is 0 Å². The number of aromatic nitrogens is 3. The highest BCUT2D eigenvalue weighted by Gasteiger charge is 2.17. The van der Waals surface area contributed by atoms with Crippen LogP contribution in [0, 0.1) is 12.8 Å². The van der Waals surface area contributed by atoms with E-state index in [0.29, 0.717) is 11.7 Å². The number of aryl methyl sites for hydroxylation is 1.